The molecule has 0 bridgehead atoms. The van der Waals surface area contributed by atoms with Crippen molar-refractivity contribution in [3.05, 3.63) is 87.5 Å². The van der Waals surface area contributed by atoms with Crippen LogP contribution in [-0.2, 0) is 13.0 Å². The Balaban J connectivity index is 1.75. The summed E-state index contributed by atoms with van der Waals surface area (Å²) in [6.07, 6.45) is 0.750. The van der Waals surface area contributed by atoms with Crippen molar-refractivity contribution in [3.63, 3.8) is 0 Å². The van der Waals surface area contributed by atoms with Crippen LogP contribution >= 0.6 is 11.6 Å². The third-order valence-corrected chi connectivity index (χ3v) is 5.34. The van der Waals surface area contributed by atoms with Crippen molar-refractivity contribution in [3.8, 4) is 0 Å². The molecule has 0 radical (unpaired) electrons. The molecule has 0 fully saturated rings. The van der Waals surface area contributed by atoms with Gasteiger partial charge in [0.25, 0.3) is 5.91 Å². The van der Waals surface area contributed by atoms with E-state index < -0.39 is 5.97 Å². The largest absolute Gasteiger partial charge is 0.478 e. The van der Waals surface area contributed by atoms with Gasteiger partial charge in [-0.25, -0.2) is 9.78 Å². The van der Waals surface area contributed by atoms with Gasteiger partial charge in [0.2, 0.25) is 0 Å². The van der Waals surface area contributed by atoms with E-state index in [2.05, 4.69) is 10.3 Å². The van der Waals surface area contributed by atoms with Gasteiger partial charge < -0.3 is 15.0 Å². The first-order chi connectivity index (χ1) is 14.3. The fourth-order valence-electron chi connectivity index (χ4n) is 3.43. The molecule has 1 heterocycles. The highest BCUT2D eigenvalue weighted by molar-refractivity contribution is 6.30. The fourth-order valence-corrected chi connectivity index (χ4v) is 3.55. The molecule has 1 aromatic heterocycles. The third-order valence-electron chi connectivity index (χ3n) is 5.09. The van der Waals surface area contributed by atoms with Gasteiger partial charge in [0, 0.05) is 11.6 Å². The molecule has 7 heteroatoms. The quantitative estimate of drug-likeness (QED) is 0.580. The van der Waals surface area contributed by atoms with E-state index in [1.54, 1.807) is 12.1 Å². The van der Waals surface area contributed by atoms with Crippen molar-refractivity contribution in [1.29, 1.82) is 0 Å². The minimum Gasteiger partial charge on any atom is -0.478 e. The Morgan fingerprint density at radius 2 is 1.73 bits per heavy atom. The lowest BCUT2D eigenvalue weighted by Crippen LogP contribution is -2.29. The van der Waals surface area contributed by atoms with Crippen LogP contribution in [0.5, 0.6) is 0 Å². The van der Waals surface area contributed by atoms with Crippen molar-refractivity contribution < 1.29 is 14.7 Å². The van der Waals surface area contributed by atoms with E-state index >= 15 is 0 Å². The monoisotopic (exact) mass is 425 g/mol. The maximum absolute atomic E-state index is 13.0. The summed E-state index contributed by atoms with van der Waals surface area (Å²) >= 11 is 5.95. The molecular weight excluding hydrogens is 402 g/mol. The number of amides is 1. The van der Waals surface area contributed by atoms with Crippen molar-refractivity contribution >= 4 is 23.5 Å². The Bertz CT molecular complexity index is 1060. The summed E-state index contributed by atoms with van der Waals surface area (Å²) < 4.78 is 1.93. The van der Waals surface area contributed by atoms with Crippen LogP contribution in [0.4, 0.5) is 0 Å². The number of carbonyl (C=O) groups excluding carboxylic acids is 1. The number of halogens is 1. The molecule has 6 nitrogen and oxygen atoms in total. The number of aromatic nitrogens is 2. The molecule has 30 heavy (non-hydrogen) atoms. The van der Waals surface area contributed by atoms with Crippen LogP contribution in [0.3, 0.4) is 0 Å². The van der Waals surface area contributed by atoms with Gasteiger partial charge in [-0.15, -0.1) is 0 Å². The Labute approximate surface area is 180 Å². The lowest BCUT2D eigenvalue weighted by molar-refractivity contribution is 0.0696. The van der Waals surface area contributed by atoms with E-state index in [0.717, 1.165) is 23.4 Å². The predicted molar refractivity (Wildman–Crippen MR) is 116 cm³/mol. The number of hydrogen-bond donors (Lipinski definition) is 2. The van der Waals surface area contributed by atoms with E-state index in [1.807, 2.05) is 49.6 Å². The average Bonchev–Trinajstić information content (AvgIpc) is 3.00. The number of aromatic carboxylic acids is 1. The molecule has 0 spiro atoms. The maximum Gasteiger partial charge on any atom is 0.335 e. The van der Waals surface area contributed by atoms with E-state index in [1.165, 1.54) is 12.1 Å². The molecule has 2 N–H and O–H groups in total. The standard InChI is InChI=1S/C23H24ClN3O3/c1-14(18-6-8-19(9-7-18)23(29)30)26-22(28)21-15(2)25-16(3)27(21)13-12-17-4-10-20(24)11-5-17/h4-11,14H,12-13H2,1-3H3,(H,26,28)(H,29,30)/t14-/m0/s1. The van der Waals surface area contributed by atoms with Crippen molar-refractivity contribution in [1.82, 2.24) is 14.9 Å². The number of nitrogens with zero attached hydrogens (tertiary/aromatic N) is 2. The van der Waals surface area contributed by atoms with Gasteiger partial charge in [-0.1, -0.05) is 35.9 Å². The summed E-state index contributed by atoms with van der Waals surface area (Å²) in [5, 5.41) is 12.7. The van der Waals surface area contributed by atoms with Crippen LogP contribution < -0.4 is 5.32 Å². The molecular formula is C23H24ClN3O3. The second kappa shape index (κ2) is 9.13. The molecule has 3 aromatic rings. The first-order valence-corrected chi connectivity index (χ1v) is 10.1. The van der Waals surface area contributed by atoms with Gasteiger partial charge in [0.15, 0.2) is 0 Å². The number of carbonyl (C=O) groups is 2. The maximum atomic E-state index is 13.0. The summed E-state index contributed by atoms with van der Waals surface area (Å²) in [6.45, 7) is 6.20. The number of hydrogen-bond acceptors (Lipinski definition) is 3. The highest BCUT2D eigenvalue weighted by Crippen LogP contribution is 2.18. The SMILES string of the molecule is Cc1nc(C)n(CCc2ccc(Cl)cc2)c1C(=O)N[C@@H](C)c1ccc(C(=O)O)cc1. The molecule has 1 amide bonds. The second-order valence-corrected chi connectivity index (χ2v) is 7.68. The van der Waals surface area contributed by atoms with E-state index in [0.29, 0.717) is 23.0 Å². The number of imidazole rings is 1. The predicted octanol–water partition coefficient (Wildman–Crippen LogP) is 4.59. The molecule has 0 unspecified atom stereocenters. The van der Waals surface area contributed by atoms with Crippen LogP contribution in [0.25, 0.3) is 0 Å². The normalized spacial score (nSPS) is 11.9. The number of rotatable bonds is 7. The van der Waals surface area contributed by atoms with E-state index in [-0.39, 0.29) is 17.5 Å². The van der Waals surface area contributed by atoms with Gasteiger partial charge >= 0.3 is 5.97 Å². The molecule has 0 aliphatic carbocycles. The van der Waals surface area contributed by atoms with Gasteiger partial charge in [0.1, 0.15) is 11.5 Å². The van der Waals surface area contributed by atoms with Crippen LogP contribution in [-0.4, -0.2) is 26.5 Å². The molecule has 0 aliphatic rings. The minimum absolute atomic E-state index is 0.209. The summed E-state index contributed by atoms with van der Waals surface area (Å²) in [5.74, 6) is -0.405. The molecule has 0 saturated heterocycles. The van der Waals surface area contributed by atoms with Crippen LogP contribution in [0, 0.1) is 13.8 Å². The number of carboxylic acid groups (broad SMARTS) is 1. The summed E-state index contributed by atoms with van der Waals surface area (Å²) in [7, 11) is 0. The number of benzene rings is 2. The molecule has 0 aliphatic heterocycles. The summed E-state index contributed by atoms with van der Waals surface area (Å²) in [4.78, 5) is 28.5. The smallest absolute Gasteiger partial charge is 0.335 e. The Morgan fingerprint density at radius 1 is 1.10 bits per heavy atom. The number of aryl methyl sites for hydroxylation is 3. The Hall–Kier alpha value is -3.12. The zero-order chi connectivity index (χ0) is 21.8. The highest BCUT2D eigenvalue weighted by atomic mass is 35.5. The molecule has 0 saturated carbocycles. The van der Waals surface area contributed by atoms with Gasteiger partial charge in [-0.05, 0) is 62.6 Å². The first kappa shape index (κ1) is 21.6. The average molecular weight is 426 g/mol. The van der Waals surface area contributed by atoms with Gasteiger partial charge in [-0.2, -0.15) is 0 Å². The molecule has 3 rings (SSSR count). The minimum atomic E-state index is -0.978. The third kappa shape index (κ3) is 4.89. The summed E-state index contributed by atoms with van der Waals surface area (Å²) in [5.41, 5.74) is 3.38. The first-order valence-electron chi connectivity index (χ1n) is 9.68. The van der Waals surface area contributed by atoms with Crippen molar-refractivity contribution in [2.45, 2.75) is 39.8 Å². The Morgan fingerprint density at radius 3 is 2.33 bits per heavy atom. The van der Waals surface area contributed by atoms with Gasteiger partial charge in [-0.3, -0.25) is 4.79 Å². The van der Waals surface area contributed by atoms with E-state index in [4.69, 9.17) is 16.7 Å². The van der Waals surface area contributed by atoms with Crippen molar-refractivity contribution in [2.24, 2.45) is 0 Å². The number of nitrogens with one attached hydrogen (secondary N) is 1. The number of carboxylic acids is 1. The lowest BCUT2D eigenvalue weighted by atomic mass is 10.1. The summed E-state index contributed by atoms with van der Waals surface area (Å²) in [6, 6.07) is 13.9. The molecule has 1 atom stereocenters. The Kier molecular flexibility index (Phi) is 6.57. The lowest BCUT2D eigenvalue weighted by Gasteiger charge is -2.16. The molecule has 156 valence electrons. The topological polar surface area (TPSA) is 84.2 Å². The zero-order valence-electron chi connectivity index (χ0n) is 17.1. The van der Waals surface area contributed by atoms with Crippen LogP contribution in [0.2, 0.25) is 5.02 Å². The second-order valence-electron chi connectivity index (χ2n) is 7.24. The molecule has 2 aromatic carbocycles. The zero-order valence-corrected chi connectivity index (χ0v) is 17.9. The van der Waals surface area contributed by atoms with E-state index in [9.17, 15) is 9.59 Å². The van der Waals surface area contributed by atoms with Gasteiger partial charge in [0.05, 0.1) is 17.3 Å². The van der Waals surface area contributed by atoms with Crippen molar-refractivity contribution in [2.75, 3.05) is 0 Å². The van der Waals surface area contributed by atoms with Crippen LogP contribution in [0.15, 0.2) is 48.5 Å². The van der Waals surface area contributed by atoms with Crippen LogP contribution in [0.1, 0.15) is 56.5 Å². The highest BCUT2D eigenvalue weighted by Gasteiger charge is 2.21. The fraction of sp³-hybridized carbons (Fsp3) is 0.261.